The molecule has 2 aromatic carbocycles. The molecule has 2 atom stereocenters. The molecule has 0 aliphatic carbocycles. The van der Waals surface area contributed by atoms with Gasteiger partial charge in [0.25, 0.3) is 0 Å². The summed E-state index contributed by atoms with van der Waals surface area (Å²) in [6.45, 7) is 7.22. The van der Waals surface area contributed by atoms with E-state index in [9.17, 15) is 13.2 Å². The van der Waals surface area contributed by atoms with Crippen LogP contribution >= 0.6 is 0 Å². The van der Waals surface area contributed by atoms with Gasteiger partial charge < -0.3 is 9.64 Å². The van der Waals surface area contributed by atoms with Gasteiger partial charge in [0.05, 0.1) is 30.0 Å². The Hall–Kier alpha value is -3.13. The van der Waals surface area contributed by atoms with Gasteiger partial charge in [0.1, 0.15) is 5.75 Å². The van der Waals surface area contributed by atoms with Crippen LogP contribution in [0.4, 0.5) is 5.69 Å². The number of anilines is 1. The van der Waals surface area contributed by atoms with Gasteiger partial charge in [0, 0.05) is 42.2 Å². The van der Waals surface area contributed by atoms with Gasteiger partial charge in [0.15, 0.2) is 15.6 Å². The number of rotatable bonds is 6. The largest absolute Gasteiger partial charge is 0.497 e. The Kier molecular flexibility index (Phi) is 6.19. The van der Waals surface area contributed by atoms with Gasteiger partial charge in [-0.1, -0.05) is 32.9 Å². The molecule has 8 heteroatoms. The SMILES string of the molecule is COc1ccc(CC(=O)c2cc(-c3ccn[nH]3)c3c(c2)C2CCS(=O)(=O)CC2N3CC(C)(C)C)cc1. The fraction of sp³-hybridized carbons (Fsp3) is 0.429. The van der Waals surface area contributed by atoms with Gasteiger partial charge in [-0.3, -0.25) is 9.89 Å². The molecule has 3 aromatic rings. The number of hydrogen-bond acceptors (Lipinski definition) is 6. The van der Waals surface area contributed by atoms with E-state index in [1.54, 1.807) is 13.3 Å². The average molecular weight is 508 g/mol. The third-order valence-electron chi connectivity index (χ3n) is 7.14. The molecule has 1 fully saturated rings. The lowest BCUT2D eigenvalue weighted by molar-refractivity contribution is 0.0993. The summed E-state index contributed by atoms with van der Waals surface area (Å²) in [5.41, 5.74) is 5.34. The first-order chi connectivity index (χ1) is 17.0. The van der Waals surface area contributed by atoms with E-state index in [4.69, 9.17) is 4.74 Å². The first kappa shape index (κ1) is 24.6. The number of nitrogens with one attached hydrogen (secondary N) is 1. The van der Waals surface area contributed by atoms with E-state index in [2.05, 4.69) is 35.9 Å². The smallest absolute Gasteiger partial charge is 0.167 e. The molecule has 5 rings (SSSR count). The Morgan fingerprint density at radius 2 is 1.92 bits per heavy atom. The molecule has 2 aliphatic rings. The van der Waals surface area contributed by atoms with Crippen LogP contribution in [0.5, 0.6) is 5.75 Å². The van der Waals surface area contributed by atoms with Gasteiger partial charge >= 0.3 is 0 Å². The molecule has 0 radical (unpaired) electrons. The zero-order valence-corrected chi connectivity index (χ0v) is 22.1. The highest BCUT2D eigenvalue weighted by Gasteiger charge is 2.46. The van der Waals surface area contributed by atoms with E-state index < -0.39 is 9.84 Å². The molecular weight excluding hydrogens is 474 g/mol. The van der Waals surface area contributed by atoms with Gasteiger partial charge in [-0.2, -0.15) is 5.10 Å². The molecule has 0 saturated carbocycles. The van der Waals surface area contributed by atoms with Crippen molar-refractivity contribution in [3.63, 3.8) is 0 Å². The van der Waals surface area contributed by atoms with Crippen LogP contribution in [-0.4, -0.2) is 55.6 Å². The number of ketones is 1. The molecule has 0 bridgehead atoms. The molecule has 1 aromatic heterocycles. The van der Waals surface area contributed by atoms with E-state index in [0.717, 1.165) is 40.4 Å². The molecule has 2 unspecified atom stereocenters. The first-order valence-corrected chi connectivity index (χ1v) is 14.2. The Labute approximate surface area is 212 Å². The van der Waals surface area contributed by atoms with Crippen LogP contribution in [0, 0.1) is 5.41 Å². The van der Waals surface area contributed by atoms with Crippen molar-refractivity contribution in [3.05, 3.63) is 65.4 Å². The summed E-state index contributed by atoms with van der Waals surface area (Å²) in [5, 5.41) is 7.23. The lowest BCUT2D eigenvalue weighted by Crippen LogP contribution is -2.46. The monoisotopic (exact) mass is 507 g/mol. The van der Waals surface area contributed by atoms with E-state index in [1.165, 1.54) is 0 Å². The summed E-state index contributed by atoms with van der Waals surface area (Å²) in [6.07, 6.45) is 2.55. The molecule has 2 aliphatic heterocycles. The Morgan fingerprint density at radius 3 is 2.56 bits per heavy atom. The number of aromatic amines is 1. The molecule has 1 saturated heterocycles. The lowest BCUT2D eigenvalue weighted by Gasteiger charge is -2.37. The number of ether oxygens (including phenoxy) is 1. The summed E-state index contributed by atoms with van der Waals surface area (Å²) >= 11 is 0. The zero-order chi connectivity index (χ0) is 25.7. The van der Waals surface area contributed by atoms with Crippen LogP contribution in [0.3, 0.4) is 0 Å². The summed E-state index contributed by atoms with van der Waals surface area (Å²) in [6, 6.07) is 13.3. The molecule has 0 amide bonds. The summed E-state index contributed by atoms with van der Waals surface area (Å²) in [4.78, 5) is 15.8. The second-order valence-corrected chi connectivity index (χ2v) is 13.4. The quantitative estimate of drug-likeness (QED) is 0.489. The third kappa shape index (κ3) is 4.78. The second-order valence-electron chi connectivity index (χ2n) is 11.1. The number of H-pyrrole nitrogens is 1. The van der Waals surface area contributed by atoms with E-state index >= 15 is 0 Å². The summed E-state index contributed by atoms with van der Waals surface area (Å²) < 4.78 is 30.6. The van der Waals surface area contributed by atoms with Crippen LogP contribution in [-0.2, 0) is 16.3 Å². The van der Waals surface area contributed by atoms with Crippen molar-refractivity contribution < 1.29 is 17.9 Å². The number of methoxy groups -OCH3 is 1. The fourth-order valence-electron chi connectivity index (χ4n) is 5.56. The molecule has 1 N–H and O–H groups in total. The molecular formula is C28H33N3O4S. The summed E-state index contributed by atoms with van der Waals surface area (Å²) in [7, 11) is -1.50. The molecule has 190 valence electrons. The van der Waals surface area contributed by atoms with Crippen molar-refractivity contribution in [1.29, 1.82) is 0 Å². The highest BCUT2D eigenvalue weighted by molar-refractivity contribution is 7.91. The Bertz CT molecular complexity index is 1370. The van der Waals surface area contributed by atoms with Gasteiger partial charge in [-0.15, -0.1) is 0 Å². The third-order valence-corrected chi connectivity index (χ3v) is 8.84. The lowest BCUT2D eigenvalue weighted by atomic mass is 9.88. The standard InChI is InChI=1S/C28H33N3O4S/c1-28(2,3)17-31-25-16-36(33,34)12-10-21(25)22-14-19(15-23(27(22)31)24-9-11-29-30-24)26(32)13-18-5-7-20(35-4)8-6-18/h5-9,11,14-15,21,25H,10,12-13,16-17H2,1-4H3,(H,29,30). The highest BCUT2D eigenvalue weighted by Crippen LogP contribution is 2.51. The van der Waals surface area contributed by atoms with Crippen molar-refractivity contribution in [1.82, 2.24) is 10.2 Å². The minimum atomic E-state index is -3.12. The fourth-order valence-corrected chi connectivity index (χ4v) is 7.28. The topological polar surface area (TPSA) is 92.4 Å². The van der Waals surface area contributed by atoms with E-state index in [1.807, 2.05) is 42.5 Å². The summed E-state index contributed by atoms with van der Waals surface area (Å²) in [5.74, 6) is 1.17. The minimum absolute atomic E-state index is 0.0259. The number of hydrogen-bond donors (Lipinski definition) is 1. The van der Waals surface area contributed by atoms with Gasteiger partial charge in [-0.25, -0.2) is 8.42 Å². The molecule has 0 spiro atoms. The van der Waals surface area contributed by atoms with Gasteiger partial charge in [0.2, 0.25) is 0 Å². The minimum Gasteiger partial charge on any atom is -0.497 e. The molecule has 36 heavy (non-hydrogen) atoms. The van der Waals surface area contributed by atoms with Crippen molar-refractivity contribution >= 4 is 21.3 Å². The maximum absolute atomic E-state index is 13.5. The van der Waals surface area contributed by atoms with Gasteiger partial charge in [-0.05, 0) is 53.3 Å². The van der Waals surface area contributed by atoms with Crippen LogP contribution in [0.1, 0.15) is 54.6 Å². The normalized spacial score (nSPS) is 20.6. The maximum atomic E-state index is 13.5. The predicted molar refractivity (Wildman–Crippen MR) is 142 cm³/mol. The van der Waals surface area contributed by atoms with E-state index in [-0.39, 0.29) is 41.1 Å². The zero-order valence-electron chi connectivity index (χ0n) is 21.2. The average Bonchev–Trinajstić information content (AvgIpc) is 3.45. The van der Waals surface area contributed by atoms with Crippen molar-refractivity contribution in [3.8, 4) is 17.0 Å². The number of sulfone groups is 1. The molecule has 3 heterocycles. The van der Waals surface area contributed by atoms with Crippen LogP contribution in [0.2, 0.25) is 0 Å². The number of fused-ring (bicyclic) bond motifs is 3. The maximum Gasteiger partial charge on any atom is 0.167 e. The number of Topliss-reactive ketones (excluding diaryl/α,β-unsaturated/α-hetero) is 1. The first-order valence-electron chi connectivity index (χ1n) is 12.4. The van der Waals surface area contributed by atoms with Crippen molar-refractivity contribution in [2.45, 2.75) is 45.6 Å². The Morgan fingerprint density at radius 1 is 1.17 bits per heavy atom. The second kappa shape index (κ2) is 9.07. The number of carbonyl (C=O) groups is 1. The van der Waals surface area contributed by atoms with Crippen LogP contribution < -0.4 is 9.64 Å². The Balaban J connectivity index is 1.61. The molecule has 7 nitrogen and oxygen atoms in total. The van der Waals surface area contributed by atoms with Crippen LogP contribution in [0.25, 0.3) is 11.3 Å². The number of carbonyl (C=O) groups excluding carboxylic acids is 1. The van der Waals surface area contributed by atoms with Crippen molar-refractivity contribution in [2.24, 2.45) is 5.41 Å². The van der Waals surface area contributed by atoms with Crippen molar-refractivity contribution in [2.75, 3.05) is 30.1 Å². The number of nitrogens with zero attached hydrogens (tertiary/aromatic N) is 2. The van der Waals surface area contributed by atoms with E-state index in [0.29, 0.717) is 12.0 Å². The van der Waals surface area contributed by atoms with Crippen LogP contribution in [0.15, 0.2) is 48.7 Å². The highest BCUT2D eigenvalue weighted by atomic mass is 32.2. The number of aromatic nitrogens is 2. The number of benzene rings is 2. The predicted octanol–water partition coefficient (Wildman–Crippen LogP) is 4.65.